The van der Waals surface area contributed by atoms with Crippen molar-refractivity contribution in [3.8, 4) is 0 Å². The highest BCUT2D eigenvalue weighted by Gasteiger charge is 2.16. The molecule has 3 heteroatoms. The van der Waals surface area contributed by atoms with E-state index in [-0.39, 0.29) is 17.0 Å². The van der Waals surface area contributed by atoms with Crippen LogP contribution in [0.2, 0.25) is 0 Å². The third-order valence-electron chi connectivity index (χ3n) is 2.33. The van der Waals surface area contributed by atoms with Crippen molar-refractivity contribution in [2.75, 3.05) is 13.6 Å². The Morgan fingerprint density at radius 3 is 2.42 bits per heavy atom. The first-order chi connectivity index (χ1) is 5.25. The molecule has 1 aliphatic heterocycles. The molecule has 1 rings (SSSR count). The van der Waals surface area contributed by atoms with Crippen LogP contribution in [0.15, 0.2) is 12.4 Å². The first kappa shape index (κ1) is 11.8. The highest BCUT2D eigenvalue weighted by molar-refractivity contribution is 4.93. The molecule has 0 saturated carbocycles. The molecule has 0 spiro atoms. The van der Waals surface area contributed by atoms with Gasteiger partial charge in [0.25, 0.3) is 0 Å². The normalized spacial score (nSPS) is 21.4. The van der Waals surface area contributed by atoms with Crippen LogP contribution in [0.5, 0.6) is 0 Å². The molecule has 0 aliphatic carbocycles. The molecule has 1 unspecified atom stereocenters. The van der Waals surface area contributed by atoms with E-state index in [1.165, 1.54) is 19.4 Å². The van der Waals surface area contributed by atoms with Crippen LogP contribution in [0, 0.1) is 0 Å². The van der Waals surface area contributed by atoms with Crippen molar-refractivity contribution < 1.29 is 17.0 Å². The predicted octanol–water partition coefficient (Wildman–Crippen LogP) is -1.14. The topological polar surface area (TPSA) is 6.48 Å². The average Bonchev–Trinajstić information content (AvgIpc) is 2.31. The van der Waals surface area contributed by atoms with Crippen LogP contribution in [-0.4, -0.2) is 29.6 Å². The van der Waals surface area contributed by atoms with Gasteiger partial charge in [0.1, 0.15) is 0 Å². The number of hydrogen-bond donors (Lipinski definition) is 0. The summed E-state index contributed by atoms with van der Waals surface area (Å²) in [6.45, 7) is 5.66. The number of unbranched alkanes of at least 4 members (excludes halogenated alkanes) is 1. The fourth-order valence-electron chi connectivity index (χ4n) is 1.28. The van der Waals surface area contributed by atoms with Crippen molar-refractivity contribution in [3.63, 3.8) is 0 Å². The fraction of sp³-hybridized carbons (Fsp3) is 0.778. The fourth-order valence-corrected chi connectivity index (χ4v) is 1.28. The lowest BCUT2D eigenvalue weighted by Gasteiger charge is -2.26. The molecule has 0 amide bonds. The van der Waals surface area contributed by atoms with Crippen molar-refractivity contribution in [2.45, 2.75) is 32.9 Å². The SMILES string of the molecule is CCCCN1C=CN(C)C1C.[Br-]. The van der Waals surface area contributed by atoms with Crippen molar-refractivity contribution in [2.24, 2.45) is 0 Å². The van der Waals surface area contributed by atoms with E-state index in [0.29, 0.717) is 6.17 Å². The van der Waals surface area contributed by atoms with E-state index in [0.717, 1.165) is 0 Å². The summed E-state index contributed by atoms with van der Waals surface area (Å²) in [5, 5.41) is 0. The largest absolute Gasteiger partial charge is 1.00 e. The van der Waals surface area contributed by atoms with Gasteiger partial charge in [0.2, 0.25) is 0 Å². The average molecular weight is 234 g/mol. The Bertz CT molecular complexity index is 147. The lowest BCUT2D eigenvalue weighted by Crippen LogP contribution is -3.00. The zero-order valence-corrected chi connectivity index (χ0v) is 9.71. The second-order valence-electron chi connectivity index (χ2n) is 3.19. The summed E-state index contributed by atoms with van der Waals surface area (Å²) in [7, 11) is 2.12. The number of nitrogens with zero attached hydrogens (tertiary/aromatic N) is 2. The van der Waals surface area contributed by atoms with Crippen molar-refractivity contribution in [1.82, 2.24) is 9.80 Å². The molecule has 72 valence electrons. The second kappa shape index (κ2) is 5.46. The molecule has 1 heterocycles. The highest BCUT2D eigenvalue weighted by Crippen LogP contribution is 2.13. The van der Waals surface area contributed by atoms with Crippen LogP contribution in [0.1, 0.15) is 26.7 Å². The molecule has 12 heavy (non-hydrogen) atoms. The molecule has 0 N–H and O–H groups in total. The predicted molar refractivity (Wildman–Crippen MR) is 48.0 cm³/mol. The zero-order chi connectivity index (χ0) is 8.27. The Morgan fingerprint density at radius 2 is 2.00 bits per heavy atom. The Labute approximate surface area is 86.0 Å². The van der Waals surface area contributed by atoms with Crippen molar-refractivity contribution in [3.05, 3.63) is 12.4 Å². The van der Waals surface area contributed by atoms with Crippen LogP contribution in [0.4, 0.5) is 0 Å². The molecule has 0 bridgehead atoms. The maximum absolute atomic E-state index is 2.38. The second-order valence-corrected chi connectivity index (χ2v) is 3.19. The number of hydrogen-bond acceptors (Lipinski definition) is 2. The summed E-state index contributed by atoms with van der Waals surface area (Å²) < 4.78 is 0. The molecule has 1 aliphatic rings. The molecule has 0 saturated heterocycles. The summed E-state index contributed by atoms with van der Waals surface area (Å²) in [5.41, 5.74) is 0. The minimum Gasteiger partial charge on any atom is -1.00 e. The summed E-state index contributed by atoms with van der Waals surface area (Å²) in [6, 6.07) is 0. The van der Waals surface area contributed by atoms with Crippen LogP contribution in [-0.2, 0) is 0 Å². The first-order valence-corrected chi connectivity index (χ1v) is 4.41. The molecule has 0 radical (unpaired) electrons. The summed E-state index contributed by atoms with van der Waals surface area (Å²) in [6.07, 6.45) is 7.45. The molecule has 0 fully saturated rings. The van der Waals surface area contributed by atoms with Gasteiger partial charge in [-0.2, -0.15) is 0 Å². The van der Waals surface area contributed by atoms with E-state index >= 15 is 0 Å². The van der Waals surface area contributed by atoms with E-state index in [4.69, 9.17) is 0 Å². The van der Waals surface area contributed by atoms with Crippen molar-refractivity contribution in [1.29, 1.82) is 0 Å². The van der Waals surface area contributed by atoms with Gasteiger partial charge >= 0.3 is 0 Å². The molecular formula is C9H18BrN2-. The lowest BCUT2D eigenvalue weighted by atomic mass is 10.3. The maximum Gasteiger partial charge on any atom is 0.0974 e. The summed E-state index contributed by atoms with van der Waals surface area (Å²) in [5.74, 6) is 0. The molecule has 2 nitrogen and oxygen atoms in total. The Balaban J connectivity index is 0.00000121. The third-order valence-corrected chi connectivity index (χ3v) is 2.33. The van der Waals surface area contributed by atoms with E-state index in [1.54, 1.807) is 0 Å². The molecule has 1 atom stereocenters. The highest BCUT2D eigenvalue weighted by atomic mass is 79.9. The molecule has 0 aromatic heterocycles. The van der Waals surface area contributed by atoms with Gasteiger partial charge in [0, 0.05) is 26.0 Å². The van der Waals surface area contributed by atoms with E-state index < -0.39 is 0 Å². The first-order valence-electron chi connectivity index (χ1n) is 4.41. The third kappa shape index (κ3) is 2.70. The minimum absolute atomic E-state index is 0. The molecule has 0 aromatic rings. The summed E-state index contributed by atoms with van der Waals surface area (Å²) in [4.78, 5) is 4.61. The van der Waals surface area contributed by atoms with Crippen LogP contribution >= 0.6 is 0 Å². The summed E-state index contributed by atoms with van der Waals surface area (Å²) >= 11 is 0. The van der Waals surface area contributed by atoms with Gasteiger partial charge in [0.15, 0.2) is 0 Å². The monoisotopic (exact) mass is 233 g/mol. The smallest absolute Gasteiger partial charge is 0.0974 e. The standard InChI is InChI=1S/C9H18N2.BrH/c1-4-5-6-11-8-7-10(3)9(11)2;/h7-9H,4-6H2,1-3H3;1H/p-1. The number of rotatable bonds is 3. The van der Waals surface area contributed by atoms with Gasteiger partial charge in [-0.3, -0.25) is 0 Å². The van der Waals surface area contributed by atoms with Crippen LogP contribution < -0.4 is 17.0 Å². The van der Waals surface area contributed by atoms with Gasteiger partial charge in [-0.15, -0.1) is 0 Å². The Hall–Kier alpha value is -0.180. The van der Waals surface area contributed by atoms with Gasteiger partial charge in [-0.1, -0.05) is 13.3 Å². The van der Waals surface area contributed by atoms with Gasteiger partial charge < -0.3 is 26.8 Å². The molecule has 0 aromatic carbocycles. The van der Waals surface area contributed by atoms with E-state index in [1.807, 2.05) is 0 Å². The number of halogens is 1. The van der Waals surface area contributed by atoms with Crippen LogP contribution in [0.3, 0.4) is 0 Å². The van der Waals surface area contributed by atoms with Crippen molar-refractivity contribution >= 4 is 0 Å². The molecular weight excluding hydrogens is 216 g/mol. The van der Waals surface area contributed by atoms with Crippen LogP contribution in [0.25, 0.3) is 0 Å². The lowest BCUT2D eigenvalue weighted by molar-refractivity contribution is -0.00000259. The van der Waals surface area contributed by atoms with Gasteiger partial charge in [-0.25, -0.2) is 0 Å². The Morgan fingerprint density at radius 1 is 1.33 bits per heavy atom. The minimum atomic E-state index is 0. The maximum atomic E-state index is 2.38. The quantitative estimate of drug-likeness (QED) is 0.609. The van der Waals surface area contributed by atoms with Gasteiger partial charge in [-0.05, 0) is 13.3 Å². The van der Waals surface area contributed by atoms with Gasteiger partial charge in [0.05, 0.1) is 6.17 Å². The van der Waals surface area contributed by atoms with E-state index in [2.05, 4.69) is 43.1 Å². The van der Waals surface area contributed by atoms with E-state index in [9.17, 15) is 0 Å². The zero-order valence-electron chi connectivity index (χ0n) is 8.13. The Kier molecular flexibility index (Phi) is 5.38.